The van der Waals surface area contributed by atoms with E-state index in [1.807, 2.05) is 6.07 Å². The monoisotopic (exact) mass is 268 g/mol. The molecule has 1 aromatic rings. The number of ether oxygens (including phenoxy) is 1. The predicted molar refractivity (Wildman–Crippen MR) is 75.0 cm³/mol. The van der Waals surface area contributed by atoms with Gasteiger partial charge in [-0.15, -0.1) is 0 Å². The van der Waals surface area contributed by atoms with E-state index in [1.54, 1.807) is 7.11 Å². The Hall–Kier alpha value is -1.40. The average molecular weight is 268 g/mol. The van der Waals surface area contributed by atoms with E-state index in [0.717, 1.165) is 12.1 Å². The molecule has 0 spiro atoms. The minimum Gasteiger partial charge on any atom is -0.385 e. The number of hydrogen-bond acceptors (Lipinski definition) is 4. The summed E-state index contributed by atoms with van der Waals surface area (Å²) in [5.41, 5.74) is 6.73. The summed E-state index contributed by atoms with van der Waals surface area (Å²) in [5.74, 6) is 0.292. The standard InChI is InChI=1S/C13H24N4O2/c1-13(2,3)10-8-11(17-16-10)15-12(18)9(14)6-5-7-19-4/h8-9H,5-7,14H2,1-4H3,(H2,15,16,17,18). The first-order valence-electron chi connectivity index (χ1n) is 6.46. The quantitative estimate of drug-likeness (QED) is 0.680. The lowest BCUT2D eigenvalue weighted by molar-refractivity contribution is -0.117. The fourth-order valence-corrected chi connectivity index (χ4v) is 1.57. The third kappa shape index (κ3) is 5.00. The molecule has 0 aromatic carbocycles. The van der Waals surface area contributed by atoms with Crippen molar-refractivity contribution in [2.45, 2.75) is 45.1 Å². The van der Waals surface area contributed by atoms with Crippen molar-refractivity contribution in [2.75, 3.05) is 19.0 Å². The second-order valence-corrected chi connectivity index (χ2v) is 5.65. The minimum absolute atomic E-state index is 0.0312. The van der Waals surface area contributed by atoms with E-state index in [1.165, 1.54) is 0 Å². The summed E-state index contributed by atoms with van der Waals surface area (Å²) in [6.07, 6.45) is 1.36. The highest BCUT2D eigenvalue weighted by Gasteiger charge is 2.19. The lowest BCUT2D eigenvalue weighted by atomic mass is 9.92. The number of nitrogens with two attached hydrogens (primary N) is 1. The molecule has 19 heavy (non-hydrogen) atoms. The Morgan fingerprint density at radius 3 is 2.79 bits per heavy atom. The molecule has 0 fully saturated rings. The number of carbonyl (C=O) groups is 1. The number of nitrogens with zero attached hydrogens (tertiary/aromatic N) is 1. The zero-order chi connectivity index (χ0) is 14.5. The second kappa shape index (κ2) is 6.68. The van der Waals surface area contributed by atoms with Gasteiger partial charge in [0.2, 0.25) is 5.91 Å². The van der Waals surface area contributed by atoms with Crippen LogP contribution in [-0.4, -0.2) is 35.9 Å². The van der Waals surface area contributed by atoms with E-state index >= 15 is 0 Å². The number of carbonyl (C=O) groups excluding carboxylic acids is 1. The van der Waals surface area contributed by atoms with E-state index in [2.05, 4.69) is 36.3 Å². The molecule has 0 aliphatic heterocycles. The summed E-state index contributed by atoms with van der Waals surface area (Å²) in [6, 6.07) is 1.30. The van der Waals surface area contributed by atoms with Crippen molar-refractivity contribution in [1.29, 1.82) is 0 Å². The maximum atomic E-state index is 11.8. The van der Waals surface area contributed by atoms with Gasteiger partial charge in [0.05, 0.1) is 6.04 Å². The van der Waals surface area contributed by atoms with Gasteiger partial charge in [-0.2, -0.15) is 5.10 Å². The van der Waals surface area contributed by atoms with Gasteiger partial charge in [0, 0.05) is 30.9 Å². The van der Waals surface area contributed by atoms with Crippen LogP contribution < -0.4 is 11.1 Å². The summed E-state index contributed by atoms with van der Waals surface area (Å²) in [4.78, 5) is 11.8. The van der Waals surface area contributed by atoms with Gasteiger partial charge in [-0.1, -0.05) is 20.8 Å². The van der Waals surface area contributed by atoms with Crippen LogP contribution in [0.5, 0.6) is 0 Å². The Labute approximate surface area is 114 Å². The van der Waals surface area contributed by atoms with Crippen LogP contribution in [0, 0.1) is 0 Å². The first-order valence-corrected chi connectivity index (χ1v) is 6.46. The van der Waals surface area contributed by atoms with Crippen LogP contribution in [0.2, 0.25) is 0 Å². The van der Waals surface area contributed by atoms with Crippen molar-refractivity contribution in [2.24, 2.45) is 5.73 Å². The van der Waals surface area contributed by atoms with Gasteiger partial charge >= 0.3 is 0 Å². The lowest BCUT2D eigenvalue weighted by Gasteiger charge is -2.14. The van der Waals surface area contributed by atoms with Crippen LogP contribution in [0.4, 0.5) is 5.82 Å². The SMILES string of the molecule is COCCCC(N)C(=O)Nc1cc(C(C)(C)C)[nH]n1. The molecule has 1 atom stereocenters. The van der Waals surface area contributed by atoms with Crippen LogP contribution in [0.1, 0.15) is 39.3 Å². The Morgan fingerprint density at radius 2 is 2.26 bits per heavy atom. The van der Waals surface area contributed by atoms with Gasteiger partial charge in [0.15, 0.2) is 5.82 Å². The van der Waals surface area contributed by atoms with Gasteiger partial charge in [0.25, 0.3) is 0 Å². The van der Waals surface area contributed by atoms with Crippen LogP contribution >= 0.6 is 0 Å². The van der Waals surface area contributed by atoms with Crippen LogP contribution in [0.15, 0.2) is 6.07 Å². The second-order valence-electron chi connectivity index (χ2n) is 5.65. The van der Waals surface area contributed by atoms with Crippen LogP contribution in [0.25, 0.3) is 0 Å². The Morgan fingerprint density at radius 1 is 1.58 bits per heavy atom. The summed E-state index contributed by atoms with van der Waals surface area (Å²) < 4.78 is 4.93. The molecule has 0 bridgehead atoms. The van der Waals surface area contributed by atoms with Crippen molar-refractivity contribution in [3.63, 3.8) is 0 Å². The summed E-state index contributed by atoms with van der Waals surface area (Å²) in [5, 5.41) is 9.70. The van der Waals surface area contributed by atoms with Crippen molar-refractivity contribution in [3.8, 4) is 0 Å². The van der Waals surface area contributed by atoms with Gasteiger partial charge in [0.1, 0.15) is 0 Å². The highest BCUT2D eigenvalue weighted by atomic mass is 16.5. The molecule has 6 heteroatoms. The van der Waals surface area contributed by atoms with Crippen molar-refractivity contribution >= 4 is 11.7 Å². The molecule has 0 aliphatic rings. The molecule has 1 aromatic heterocycles. The predicted octanol–water partition coefficient (Wildman–Crippen LogP) is 1.40. The molecule has 0 radical (unpaired) electrons. The van der Waals surface area contributed by atoms with Crippen LogP contribution in [0.3, 0.4) is 0 Å². The Balaban J connectivity index is 2.50. The maximum Gasteiger partial charge on any atom is 0.242 e. The summed E-state index contributed by atoms with van der Waals surface area (Å²) >= 11 is 0. The fourth-order valence-electron chi connectivity index (χ4n) is 1.57. The molecule has 1 rings (SSSR count). The fraction of sp³-hybridized carbons (Fsp3) is 0.692. The van der Waals surface area contributed by atoms with Crippen molar-refractivity contribution in [3.05, 3.63) is 11.8 Å². The molecule has 1 amide bonds. The van der Waals surface area contributed by atoms with Gasteiger partial charge in [-0.25, -0.2) is 0 Å². The number of nitrogens with one attached hydrogen (secondary N) is 2. The van der Waals surface area contributed by atoms with Gasteiger partial charge < -0.3 is 15.8 Å². The molecule has 1 heterocycles. The number of hydrogen-bond donors (Lipinski definition) is 3. The number of aromatic amines is 1. The first-order chi connectivity index (χ1) is 8.84. The van der Waals surface area contributed by atoms with Crippen molar-refractivity contribution < 1.29 is 9.53 Å². The zero-order valence-electron chi connectivity index (χ0n) is 12.1. The van der Waals surface area contributed by atoms with E-state index in [4.69, 9.17) is 10.5 Å². The van der Waals surface area contributed by atoms with E-state index in [0.29, 0.717) is 18.8 Å². The highest BCUT2D eigenvalue weighted by molar-refractivity contribution is 5.93. The van der Waals surface area contributed by atoms with Crippen molar-refractivity contribution in [1.82, 2.24) is 10.2 Å². The third-order valence-corrected chi connectivity index (χ3v) is 2.84. The van der Waals surface area contributed by atoms with E-state index in [9.17, 15) is 4.79 Å². The molecular weight excluding hydrogens is 244 g/mol. The van der Waals surface area contributed by atoms with E-state index in [-0.39, 0.29) is 11.3 Å². The number of anilines is 1. The van der Waals surface area contributed by atoms with Gasteiger partial charge in [-0.05, 0) is 12.8 Å². The smallest absolute Gasteiger partial charge is 0.242 e. The molecule has 1 unspecified atom stereocenters. The van der Waals surface area contributed by atoms with E-state index < -0.39 is 6.04 Å². The maximum absolute atomic E-state index is 11.8. The molecule has 0 aliphatic carbocycles. The zero-order valence-corrected chi connectivity index (χ0v) is 12.1. The third-order valence-electron chi connectivity index (χ3n) is 2.84. The topological polar surface area (TPSA) is 93.0 Å². The average Bonchev–Trinajstić information content (AvgIpc) is 2.77. The highest BCUT2D eigenvalue weighted by Crippen LogP contribution is 2.21. The Bertz CT molecular complexity index is 409. The molecule has 4 N–H and O–H groups in total. The summed E-state index contributed by atoms with van der Waals surface area (Å²) in [7, 11) is 1.63. The number of aromatic nitrogens is 2. The lowest BCUT2D eigenvalue weighted by Crippen LogP contribution is -2.35. The molecule has 108 valence electrons. The van der Waals surface area contributed by atoms with Gasteiger partial charge in [-0.3, -0.25) is 9.89 Å². The number of methoxy groups -OCH3 is 1. The molecule has 0 saturated carbocycles. The molecular formula is C13H24N4O2. The normalized spacial score (nSPS) is 13.3. The molecule has 0 saturated heterocycles. The Kier molecular flexibility index (Phi) is 5.50. The number of amides is 1. The summed E-state index contributed by atoms with van der Waals surface area (Å²) in [6.45, 7) is 6.82. The largest absolute Gasteiger partial charge is 0.385 e. The van der Waals surface area contributed by atoms with Crippen LogP contribution in [-0.2, 0) is 14.9 Å². The molecule has 6 nitrogen and oxygen atoms in total. The number of H-pyrrole nitrogens is 1. The number of rotatable bonds is 6. The minimum atomic E-state index is -0.537. The first kappa shape index (κ1) is 15.7.